The van der Waals surface area contributed by atoms with Crippen molar-refractivity contribution in [3.05, 3.63) is 35.5 Å². The minimum Gasteiger partial charge on any atom is -0.497 e. The molecule has 1 fully saturated rings. The van der Waals surface area contributed by atoms with Crippen LogP contribution in [0.3, 0.4) is 0 Å². The third-order valence-corrected chi connectivity index (χ3v) is 3.74. The molecule has 112 valence electrons. The molecule has 0 saturated carbocycles. The SMILES string of the molecule is COc1ccc2c(c1)CC(=O)N(CCC1OCCO1)C=C2. The largest absolute Gasteiger partial charge is 0.497 e. The van der Waals surface area contributed by atoms with Crippen LogP contribution in [0.5, 0.6) is 5.75 Å². The van der Waals surface area contributed by atoms with E-state index in [1.807, 2.05) is 30.5 Å². The fourth-order valence-electron chi connectivity index (χ4n) is 2.56. The van der Waals surface area contributed by atoms with Gasteiger partial charge in [-0.05, 0) is 29.3 Å². The molecule has 5 heteroatoms. The van der Waals surface area contributed by atoms with Crippen molar-refractivity contribution in [2.24, 2.45) is 0 Å². The normalized spacial score (nSPS) is 18.7. The van der Waals surface area contributed by atoms with E-state index in [4.69, 9.17) is 14.2 Å². The minimum absolute atomic E-state index is 0.0799. The molecule has 2 heterocycles. The van der Waals surface area contributed by atoms with E-state index in [-0.39, 0.29) is 12.2 Å². The number of carbonyl (C=O) groups excluding carboxylic acids is 1. The van der Waals surface area contributed by atoms with Crippen molar-refractivity contribution < 1.29 is 19.0 Å². The molecular formula is C16H19NO4. The minimum atomic E-state index is -0.183. The monoisotopic (exact) mass is 289 g/mol. The third kappa shape index (κ3) is 3.25. The second kappa shape index (κ2) is 6.28. The first kappa shape index (κ1) is 14.1. The van der Waals surface area contributed by atoms with E-state index in [0.29, 0.717) is 32.6 Å². The number of fused-ring (bicyclic) bond motifs is 1. The number of benzene rings is 1. The molecule has 0 bridgehead atoms. The molecule has 0 unspecified atom stereocenters. The van der Waals surface area contributed by atoms with Crippen LogP contribution in [0, 0.1) is 0 Å². The lowest BCUT2D eigenvalue weighted by Gasteiger charge is -2.18. The van der Waals surface area contributed by atoms with E-state index in [1.54, 1.807) is 12.0 Å². The first-order chi connectivity index (χ1) is 10.3. The van der Waals surface area contributed by atoms with Crippen LogP contribution in [0.25, 0.3) is 6.08 Å². The fraction of sp³-hybridized carbons (Fsp3) is 0.438. The summed E-state index contributed by atoms with van der Waals surface area (Å²) in [4.78, 5) is 14.1. The Bertz CT molecular complexity index is 549. The van der Waals surface area contributed by atoms with Gasteiger partial charge in [-0.3, -0.25) is 4.79 Å². The molecule has 3 rings (SSSR count). The van der Waals surface area contributed by atoms with Gasteiger partial charge in [-0.1, -0.05) is 6.07 Å². The summed E-state index contributed by atoms with van der Waals surface area (Å²) in [6.07, 6.45) is 4.70. The molecule has 1 aromatic carbocycles. The molecule has 2 aliphatic rings. The smallest absolute Gasteiger partial charge is 0.230 e. The Morgan fingerprint density at radius 1 is 1.33 bits per heavy atom. The molecule has 0 aliphatic carbocycles. The van der Waals surface area contributed by atoms with Gasteiger partial charge in [0.2, 0.25) is 5.91 Å². The highest BCUT2D eigenvalue weighted by molar-refractivity contribution is 5.83. The van der Waals surface area contributed by atoms with Crippen molar-refractivity contribution >= 4 is 12.0 Å². The summed E-state index contributed by atoms with van der Waals surface area (Å²) in [6, 6.07) is 5.80. The van der Waals surface area contributed by atoms with Crippen LogP contribution in [0.4, 0.5) is 0 Å². The average Bonchev–Trinajstić information content (AvgIpc) is 2.96. The predicted molar refractivity (Wildman–Crippen MR) is 77.8 cm³/mol. The number of nitrogens with zero attached hydrogens (tertiary/aromatic N) is 1. The zero-order valence-corrected chi connectivity index (χ0v) is 12.1. The average molecular weight is 289 g/mol. The quantitative estimate of drug-likeness (QED) is 0.848. The van der Waals surface area contributed by atoms with Crippen molar-refractivity contribution in [1.82, 2.24) is 4.90 Å². The number of rotatable bonds is 4. The van der Waals surface area contributed by atoms with E-state index in [9.17, 15) is 4.79 Å². The van der Waals surface area contributed by atoms with Gasteiger partial charge in [-0.25, -0.2) is 0 Å². The van der Waals surface area contributed by atoms with Crippen molar-refractivity contribution in [1.29, 1.82) is 0 Å². The summed E-state index contributed by atoms with van der Waals surface area (Å²) in [5.74, 6) is 0.854. The second-order valence-corrected chi connectivity index (χ2v) is 5.10. The summed E-state index contributed by atoms with van der Waals surface area (Å²) < 4.78 is 16.0. The zero-order chi connectivity index (χ0) is 14.7. The lowest BCUT2D eigenvalue weighted by molar-refractivity contribution is -0.128. The summed E-state index contributed by atoms with van der Waals surface area (Å²) in [7, 11) is 1.63. The van der Waals surface area contributed by atoms with Crippen LogP contribution in [0.2, 0.25) is 0 Å². The Labute approximate surface area is 124 Å². The van der Waals surface area contributed by atoms with Crippen LogP contribution in [0.1, 0.15) is 17.5 Å². The third-order valence-electron chi connectivity index (χ3n) is 3.74. The summed E-state index contributed by atoms with van der Waals surface area (Å²) in [6.45, 7) is 1.88. The van der Waals surface area contributed by atoms with Gasteiger partial charge in [0.05, 0.1) is 26.7 Å². The fourth-order valence-corrected chi connectivity index (χ4v) is 2.56. The molecular weight excluding hydrogens is 270 g/mol. The van der Waals surface area contributed by atoms with Crippen LogP contribution >= 0.6 is 0 Å². The molecule has 5 nitrogen and oxygen atoms in total. The van der Waals surface area contributed by atoms with Gasteiger partial charge >= 0.3 is 0 Å². The highest BCUT2D eigenvalue weighted by Gasteiger charge is 2.21. The van der Waals surface area contributed by atoms with Crippen molar-refractivity contribution in [2.45, 2.75) is 19.1 Å². The van der Waals surface area contributed by atoms with Crippen LogP contribution in [-0.4, -0.2) is 44.0 Å². The molecule has 1 aromatic rings. The van der Waals surface area contributed by atoms with Gasteiger partial charge < -0.3 is 19.1 Å². The van der Waals surface area contributed by atoms with Crippen molar-refractivity contribution in [2.75, 3.05) is 26.9 Å². The highest BCUT2D eigenvalue weighted by atomic mass is 16.7. The lowest BCUT2D eigenvalue weighted by Crippen LogP contribution is -2.29. The van der Waals surface area contributed by atoms with Gasteiger partial charge in [0.25, 0.3) is 0 Å². The van der Waals surface area contributed by atoms with Crippen molar-refractivity contribution in [3.63, 3.8) is 0 Å². The number of methoxy groups -OCH3 is 1. The number of ether oxygens (including phenoxy) is 3. The van der Waals surface area contributed by atoms with Crippen LogP contribution in [0.15, 0.2) is 24.4 Å². The first-order valence-electron chi connectivity index (χ1n) is 7.14. The Balaban J connectivity index is 1.68. The maximum Gasteiger partial charge on any atom is 0.230 e. The molecule has 0 N–H and O–H groups in total. The van der Waals surface area contributed by atoms with Gasteiger partial charge in [0.1, 0.15) is 5.75 Å². The predicted octanol–water partition coefficient (Wildman–Crippen LogP) is 1.81. The van der Waals surface area contributed by atoms with Gasteiger partial charge in [-0.2, -0.15) is 0 Å². The van der Waals surface area contributed by atoms with E-state index in [0.717, 1.165) is 16.9 Å². The standard InChI is InChI=1S/C16H19NO4/c1-19-14-3-2-12-4-6-17(15(18)11-13(12)10-14)7-5-16-20-8-9-21-16/h2-4,6,10,16H,5,7-9,11H2,1H3. The van der Waals surface area contributed by atoms with Gasteiger partial charge in [0, 0.05) is 19.2 Å². The Kier molecular flexibility index (Phi) is 4.22. The molecule has 0 spiro atoms. The second-order valence-electron chi connectivity index (χ2n) is 5.10. The number of amides is 1. The van der Waals surface area contributed by atoms with Gasteiger partial charge in [0.15, 0.2) is 6.29 Å². The molecule has 21 heavy (non-hydrogen) atoms. The summed E-state index contributed by atoms with van der Waals surface area (Å²) in [5, 5.41) is 0. The Hall–Kier alpha value is -1.85. The van der Waals surface area contributed by atoms with Gasteiger partial charge in [-0.15, -0.1) is 0 Å². The molecule has 2 aliphatic heterocycles. The van der Waals surface area contributed by atoms with Crippen LogP contribution in [-0.2, 0) is 20.7 Å². The number of hydrogen-bond acceptors (Lipinski definition) is 4. The summed E-state index contributed by atoms with van der Waals surface area (Å²) in [5.41, 5.74) is 2.05. The maximum atomic E-state index is 12.3. The molecule has 1 saturated heterocycles. The summed E-state index contributed by atoms with van der Waals surface area (Å²) >= 11 is 0. The molecule has 1 amide bonds. The zero-order valence-electron chi connectivity index (χ0n) is 12.1. The highest BCUT2D eigenvalue weighted by Crippen LogP contribution is 2.23. The first-order valence-corrected chi connectivity index (χ1v) is 7.14. The van der Waals surface area contributed by atoms with E-state index < -0.39 is 0 Å². The van der Waals surface area contributed by atoms with E-state index in [1.165, 1.54) is 0 Å². The van der Waals surface area contributed by atoms with Crippen molar-refractivity contribution in [3.8, 4) is 5.75 Å². The number of carbonyl (C=O) groups is 1. The molecule has 0 atom stereocenters. The number of hydrogen-bond donors (Lipinski definition) is 0. The topological polar surface area (TPSA) is 48.0 Å². The molecule has 0 radical (unpaired) electrons. The lowest BCUT2D eigenvalue weighted by atomic mass is 10.0. The van der Waals surface area contributed by atoms with E-state index >= 15 is 0 Å². The van der Waals surface area contributed by atoms with Crippen LogP contribution < -0.4 is 4.74 Å². The molecule has 0 aromatic heterocycles. The Morgan fingerprint density at radius 3 is 2.90 bits per heavy atom. The van der Waals surface area contributed by atoms with E-state index in [2.05, 4.69) is 0 Å². The maximum absolute atomic E-state index is 12.3. The Morgan fingerprint density at radius 2 is 2.14 bits per heavy atom.